The molecule has 0 saturated heterocycles. The van der Waals surface area contributed by atoms with Gasteiger partial charge in [-0.25, -0.2) is 4.98 Å². The van der Waals surface area contributed by atoms with Gasteiger partial charge >= 0.3 is 0 Å². The zero-order valence-corrected chi connectivity index (χ0v) is 18.3. The molecule has 2 heterocycles. The van der Waals surface area contributed by atoms with Gasteiger partial charge in [-0.05, 0) is 75.0 Å². The smallest absolute Gasteiger partial charge is 0.229 e. The summed E-state index contributed by atoms with van der Waals surface area (Å²) < 4.78 is 1.80. The van der Waals surface area contributed by atoms with Crippen molar-refractivity contribution >= 4 is 28.4 Å². The van der Waals surface area contributed by atoms with Crippen LogP contribution in [0.15, 0.2) is 30.6 Å². The molecule has 2 unspecified atom stereocenters. The number of aromatic nitrogens is 4. The first kappa shape index (κ1) is 19.9. The lowest BCUT2D eigenvalue weighted by atomic mass is 9.52. The van der Waals surface area contributed by atoms with Gasteiger partial charge in [0.1, 0.15) is 5.82 Å². The van der Waals surface area contributed by atoms with Crippen LogP contribution >= 0.6 is 0 Å². The van der Waals surface area contributed by atoms with Crippen molar-refractivity contribution in [3.05, 3.63) is 36.2 Å². The monoisotopic (exact) mass is 434 g/mol. The van der Waals surface area contributed by atoms with Gasteiger partial charge in [0.2, 0.25) is 5.95 Å². The lowest BCUT2D eigenvalue weighted by molar-refractivity contribution is -0.129. The standard InChI is InChI=1S/C24H30N6O2/c1-14-12-25-23(27-19-3-2-16-13-26-30(4-5-31)20(16)8-19)29-22(14)28-21-17-6-15-7-18(21)11-24(32,9-15)10-17/h2-3,8,12-13,15,17-18,21,31-32H,4-7,9-11H2,1H3,(H2,25,27,28,29). The molecule has 4 aliphatic rings. The van der Waals surface area contributed by atoms with Crippen molar-refractivity contribution in [2.24, 2.45) is 17.8 Å². The van der Waals surface area contributed by atoms with E-state index in [4.69, 9.17) is 4.98 Å². The number of anilines is 3. The fourth-order valence-electron chi connectivity index (χ4n) is 6.57. The van der Waals surface area contributed by atoms with Gasteiger partial charge in [0, 0.05) is 28.9 Å². The van der Waals surface area contributed by atoms with E-state index in [0.29, 0.717) is 36.3 Å². The van der Waals surface area contributed by atoms with Crippen LogP contribution in [0.2, 0.25) is 0 Å². The Morgan fingerprint density at radius 1 is 1.16 bits per heavy atom. The van der Waals surface area contributed by atoms with E-state index in [9.17, 15) is 10.2 Å². The molecular weight excluding hydrogens is 404 g/mol. The third-order valence-electron chi connectivity index (χ3n) is 7.73. The van der Waals surface area contributed by atoms with Gasteiger partial charge in [-0.1, -0.05) is 0 Å². The van der Waals surface area contributed by atoms with Gasteiger partial charge in [-0.2, -0.15) is 10.1 Å². The molecule has 4 bridgehead atoms. The highest BCUT2D eigenvalue weighted by Crippen LogP contribution is 2.56. The Balaban J connectivity index is 1.23. The van der Waals surface area contributed by atoms with Crippen molar-refractivity contribution in [2.75, 3.05) is 17.2 Å². The van der Waals surface area contributed by atoms with E-state index in [1.807, 2.05) is 31.3 Å². The van der Waals surface area contributed by atoms with Crippen LogP contribution in [0, 0.1) is 24.7 Å². The second-order valence-corrected chi connectivity index (χ2v) is 10.1. The molecule has 3 aromatic rings. The molecule has 0 aliphatic heterocycles. The van der Waals surface area contributed by atoms with E-state index < -0.39 is 5.60 Å². The minimum Gasteiger partial charge on any atom is -0.394 e. The summed E-state index contributed by atoms with van der Waals surface area (Å²) in [6, 6.07) is 6.37. The number of hydrogen-bond donors (Lipinski definition) is 4. The zero-order valence-electron chi connectivity index (χ0n) is 18.3. The molecule has 32 heavy (non-hydrogen) atoms. The van der Waals surface area contributed by atoms with Crippen LogP contribution in [0.25, 0.3) is 10.9 Å². The number of benzene rings is 1. The Hall–Kier alpha value is -2.71. The number of aliphatic hydroxyl groups excluding tert-OH is 1. The van der Waals surface area contributed by atoms with E-state index in [1.165, 1.54) is 12.8 Å². The van der Waals surface area contributed by atoms with Crippen LogP contribution in [0.1, 0.15) is 37.7 Å². The number of nitrogens with zero attached hydrogens (tertiary/aromatic N) is 4. The largest absolute Gasteiger partial charge is 0.394 e. The van der Waals surface area contributed by atoms with Gasteiger partial charge in [-0.3, -0.25) is 4.68 Å². The van der Waals surface area contributed by atoms with Crippen LogP contribution in [0.5, 0.6) is 0 Å². The number of aliphatic hydroxyl groups is 2. The molecule has 0 radical (unpaired) electrons. The third-order valence-corrected chi connectivity index (χ3v) is 7.73. The van der Waals surface area contributed by atoms with E-state index in [0.717, 1.165) is 47.2 Å². The summed E-state index contributed by atoms with van der Waals surface area (Å²) in [5, 5.41) is 32.6. The van der Waals surface area contributed by atoms with Crippen molar-refractivity contribution in [3.63, 3.8) is 0 Å². The molecule has 4 N–H and O–H groups in total. The first-order valence-corrected chi connectivity index (χ1v) is 11.7. The molecule has 0 amide bonds. The Bertz CT molecular complexity index is 1140. The first-order chi connectivity index (χ1) is 15.5. The molecular formula is C24H30N6O2. The lowest BCUT2D eigenvalue weighted by Gasteiger charge is -2.58. The van der Waals surface area contributed by atoms with E-state index in [2.05, 4.69) is 20.7 Å². The molecule has 1 aromatic carbocycles. The molecule has 2 atom stereocenters. The number of nitrogens with one attached hydrogen (secondary N) is 2. The number of fused-ring (bicyclic) bond motifs is 1. The molecule has 4 fully saturated rings. The van der Waals surface area contributed by atoms with Crippen molar-refractivity contribution in [2.45, 2.75) is 57.2 Å². The highest BCUT2D eigenvalue weighted by atomic mass is 16.3. The average molecular weight is 435 g/mol. The normalized spacial score (nSPS) is 30.7. The predicted molar refractivity (Wildman–Crippen MR) is 123 cm³/mol. The minimum atomic E-state index is -0.427. The van der Waals surface area contributed by atoms with Crippen molar-refractivity contribution < 1.29 is 10.2 Å². The van der Waals surface area contributed by atoms with E-state index >= 15 is 0 Å². The molecule has 8 heteroatoms. The maximum atomic E-state index is 10.9. The second-order valence-electron chi connectivity index (χ2n) is 10.1. The molecule has 4 aliphatic carbocycles. The highest BCUT2D eigenvalue weighted by molar-refractivity contribution is 5.83. The van der Waals surface area contributed by atoms with Crippen molar-refractivity contribution in [1.29, 1.82) is 0 Å². The lowest BCUT2D eigenvalue weighted by Crippen LogP contribution is -2.59. The third kappa shape index (κ3) is 3.42. The van der Waals surface area contributed by atoms with Crippen molar-refractivity contribution in [1.82, 2.24) is 19.7 Å². The maximum Gasteiger partial charge on any atom is 0.229 e. The fourth-order valence-corrected chi connectivity index (χ4v) is 6.57. The van der Waals surface area contributed by atoms with Gasteiger partial charge in [0.05, 0.1) is 30.5 Å². The summed E-state index contributed by atoms with van der Waals surface area (Å²) in [5.41, 5.74) is 2.44. The van der Waals surface area contributed by atoms with Gasteiger partial charge in [-0.15, -0.1) is 0 Å². The van der Waals surface area contributed by atoms with Crippen LogP contribution in [0.3, 0.4) is 0 Å². The van der Waals surface area contributed by atoms with Crippen LogP contribution in [0.4, 0.5) is 17.5 Å². The van der Waals surface area contributed by atoms with Crippen LogP contribution in [-0.4, -0.2) is 48.2 Å². The van der Waals surface area contributed by atoms with E-state index in [1.54, 1.807) is 10.9 Å². The summed E-state index contributed by atoms with van der Waals surface area (Å²) >= 11 is 0. The molecule has 168 valence electrons. The molecule has 2 aromatic heterocycles. The van der Waals surface area contributed by atoms with Crippen LogP contribution < -0.4 is 10.6 Å². The van der Waals surface area contributed by atoms with Crippen LogP contribution in [-0.2, 0) is 6.54 Å². The van der Waals surface area contributed by atoms with Crippen molar-refractivity contribution in [3.8, 4) is 0 Å². The maximum absolute atomic E-state index is 10.9. The molecule has 7 rings (SSSR count). The van der Waals surface area contributed by atoms with Gasteiger partial charge in [0.25, 0.3) is 0 Å². The number of hydrogen-bond acceptors (Lipinski definition) is 7. The molecule has 4 saturated carbocycles. The number of rotatable bonds is 6. The SMILES string of the molecule is Cc1cnc(Nc2ccc3cnn(CCO)c3c2)nc1NC1C2CC3CC1CC(O)(C3)C2. The minimum absolute atomic E-state index is 0.0475. The zero-order chi connectivity index (χ0) is 21.9. The molecule has 0 spiro atoms. The Morgan fingerprint density at radius 2 is 1.97 bits per heavy atom. The first-order valence-electron chi connectivity index (χ1n) is 11.7. The van der Waals surface area contributed by atoms with Gasteiger partial charge in [0.15, 0.2) is 0 Å². The highest BCUT2D eigenvalue weighted by Gasteiger charge is 2.54. The Morgan fingerprint density at radius 3 is 2.72 bits per heavy atom. The second kappa shape index (κ2) is 7.42. The summed E-state index contributed by atoms with van der Waals surface area (Å²) in [4.78, 5) is 9.30. The average Bonchev–Trinajstić information content (AvgIpc) is 3.14. The topological polar surface area (TPSA) is 108 Å². The summed E-state index contributed by atoms with van der Waals surface area (Å²) in [7, 11) is 0. The summed E-state index contributed by atoms with van der Waals surface area (Å²) in [6.07, 6.45) is 8.91. The Kier molecular flexibility index (Phi) is 4.62. The molecule has 8 nitrogen and oxygen atoms in total. The predicted octanol–water partition coefficient (Wildman–Crippen LogP) is 3.22. The number of aryl methyl sites for hydroxylation is 1. The fraction of sp³-hybridized carbons (Fsp3) is 0.542. The Labute approximate surface area is 187 Å². The summed E-state index contributed by atoms with van der Waals surface area (Å²) in [5.74, 6) is 3.15. The quantitative estimate of drug-likeness (QED) is 0.472. The summed E-state index contributed by atoms with van der Waals surface area (Å²) in [6.45, 7) is 2.54. The van der Waals surface area contributed by atoms with Gasteiger partial charge < -0.3 is 20.8 Å². The van der Waals surface area contributed by atoms with E-state index in [-0.39, 0.29) is 6.61 Å².